The Morgan fingerprint density at radius 1 is 1.27 bits per heavy atom. The van der Waals surface area contributed by atoms with E-state index in [4.69, 9.17) is 10.3 Å². The second kappa shape index (κ2) is 6.97. The Kier molecular flexibility index (Phi) is 4.52. The molecule has 4 aromatic rings. The van der Waals surface area contributed by atoms with Crippen molar-refractivity contribution in [3.63, 3.8) is 0 Å². The molecule has 0 aliphatic heterocycles. The van der Waals surface area contributed by atoms with E-state index in [1.165, 1.54) is 22.5 Å². The molecule has 0 atom stereocenters. The number of hydrogen-bond acceptors (Lipinski definition) is 7. The van der Waals surface area contributed by atoms with Gasteiger partial charge in [-0.15, -0.1) is 21.5 Å². The van der Waals surface area contributed by atoms with Crippen LogP contribution in [-0.2, 0) is 12.2 Å². The van der Waals surface area contributed by atoms with E-state index in [-0.39, 0.29) is 5.63 Å². The van der Waals surface area contributed by atoms with Gasteiger partial charge in [-0.25, -0.2) is 9.47 Å². The standard InChI is InChI=1S/C18H16N4O2S2/c1-2-11-5-6-13-12(9-16(23)24-14(13)8-11)10-26-18-21-20-17(22(18)19)15-4-3-7-25-15/h3-9H,2,10,19H2,1H3. The number of fused-ring (bicyclic) bond motifs is 1. The summed E-state index contributed by atoms with van der Waals surface area (Å²) in [5, 5.41) is 11.8. The van der Waals surface area contributed by atoms with Gasteiger partial charge in [0.2, 0.25) is 5.16 Å². The van der Waals surface area contributed by atoms with Crippen molar-refractivity contribution in [2.24, 2.45) is 0 Å². The number of nitrogens with zero attached hydrogens (tertiary/aromatic N) is 3. The molecule has 0 fully saturated rings. The van der Waals surface area contributed by atoms with Gasteiger partial charge in [0.15, 0.2) is 5.82 Å². The normalized spacial score (nSPS) is 11.3. The van der Waals surface area contributed by atoms with Crippen molar-refractivity contribution in [1.29, 1.82) is 0 Å². The first-order valence-corrected chi connectivity index (χ1v) is 9.95. The number of aryl methyl sites for hydroxylation is 1. The molecule has 0 unspecified atom stereocenters. The maximum Gasteiger partial charge on any atom is 0.336 e. The van der Waals surface area contributed by atoms with Gasteiger partial charge in [0.05, 0.1) is 4.88 Å². The molecule has 26 heavy (non-hydrogen) atoms. The Morgan fingerprint density at radius 3 is 2.92 bits per heavy atom. The van der Waals surface area contributed by atoms with E-state index >= 15 is 0 Å². The molecule has 1 aromatic carbocycles. The zero-order valence-electron chi connectivity index (χ0n) is 14.0. The summed E-state index contributed by atoms with van der Waals surface area (Å²) in [7, 11) is 0. The number of benzene rings is 1. The van der Waals surface area contributed by atoms with Crippen LogP contribution in [0.4, 0.5) is 0 Å². The highest BCUT2D eigenvalue weighted by atomic mass is 32.2. The fraction of sp³-hybridized carbons (Fsp3) is 0.167. The smallest absolute Gasteiger partial charge is 0.336 e. The Morgan fingerprint density at radius 2 is 2.15 bits per heavy atom. The van der Waals surface area contributed by atoms with Gasteiger partial charge in [0, 0.05) is 17.2 Å². The summed E-state index contributed by atoms with van der Waals surface area (Å²) >= 11 is 3.00. The van der Waals surface area contributed by atoms with Crippen molar-refractivity contribution in [1.82, 2.24) is 14.9 Å². The van der Waals surface area contributed by atoms with Gasteiger partial charge >= 0.3 is 5.63 Å². The van der Waals surface area contributed by atoms with Crippen molar-refractivity contribution in [2.45, 2.75) is 24.3 Å². The van der Waals surface area contributed by atoms with E-state index in [9.17, 15) is 4.79 Å². The number of thiophene rings is 1. The minimum atomic E-state index is -0.352. The van der Waals surface area contributed by atoms with E-state index < -0.39 is 0 Å². The van der Waals surface area contributed by atoms with E-state index in [1.807, 2.05) is 29.6 Å². The number of aromatic nitrogens is 3. The number of hydrogen-bond donors (Lipinski definition) is 1. The Balaban J connectivity index is 1.63. The predicted octanol–water partition coefficient (Wildman–Crippen LogP) is 3.68. The van der Waals surface area contributed by atoms with Crippen LogP contribution in [-0.4, -0.2) is 14.9 Å². The molecule has 3 heterocycles. The minimum Gasteiger partial charge on any atom is -0.423 e. The number of rotatable bonds is 5. The van der Waals surface area contributed by atoms with Crippen molar-refractivity contribution in [3.8, 4) is 10.7 Å². The molecule has 0 bridgehead atoms. The average molecular weight is 384 g/mol. The molecule has 0 radical (unpaired) electrons. The summed E-state index contributed by atoms with van der Waals surface area (Å²) in [6, 6.07) is 11.4. The molecule has 0 saturated heterocycles. The van der Waals surface area contributed by atoms with Gasteiger partial charge in [-0.05, 0) is 35.1 Å². The molecule has 4 rings (SSSR count). The van der Waals surface area contributed by atoms with Crippen LogP contribution in [0.5, 0.6) is 0 Å². The topological polar surface area (TPSA) is 86.9 Å². The Bertz CT molecular complexity index is 1120. The van der Waals surface area contributed by atoms with Gasteiger partial charge in [0.25, 0.3) is 0 Å². The van der Waals surface area contributed by atoms with Crippen LogP contribution in [0.25, 0.3) is 21.7 Å². The van der Waals surface area contributed by atoms with Crippen LogP contribution >= 0.6 is 23.1 Å². The summed E-state index contributed by atoms with van der Waals surface area (Å²) in [4.78, 5) is 12.9. The SMILES string of the molecule is CCc1ccc2c(CSc3nnc(-c4cccs4)n3N)cc(=O)oc2c1. The second-order valence-electron chi connectivity index (χ2n) is 5.72. The third-order valence-corrected chi connectivity index (χ3v) is 5.92. The van der Waals surface area contributed by atoms with Crippen molar-refractivity contribution >= 4 is 34.1 Å². The molecule has 2 N–H and O–H groups in total. The largest absolute Gasteiger partial charge is 0.423 e. The highest BCUT2D eigenvalue weighted by Gasteiger charge is 2.14. The first-order valence-electron chi connectivity index (χ1n) is 8.08. The van der Waals surface area contributed by atoms with Crippen molar-refractivity contribution in [2.75, 3.05) is 5.84 Å². The zero-order chi connectivity index (χ0) is 18.1. The molecule has 0 aliphatic rings. The zero-order valence-corrected chi connectivity index (χ0v) is 15.6. The summed E-state index contributed by atoms with van der Waals surface area (Å²) in [5.41, 5.74) is 2.29. The second-order valence-corrected chi connectivity index (χ2v) is 7.61. The van der Waals surface area contributed by atoms with Crippen LogP contribution in [0.3, 0.4) is 0 Å². The predicted molar refractivity (Wildman–Crippen MR) is 105 cm³/mol. The quantitative estimate of drug-likeness (QED) is 0.321. The van der Waals surface area contributed by atoms with Crippen LogP contribution in [0.15, 0.2) is 56.1 Å². The molecule has 0 aliphatic carbocycles. The average Bonchev–Trinajstić information content (AvgIpc) is 3.28. The summed E-state index contributed by atoms with van der Waals surface area (Å²) in [5.74, 6) is 7.32. The van der Waals surface area contributed by atoms with E-state index in [0.29, 0.717) is 22.3 Å². The number of thioether (sulfide) groups is 1. The molecule has 132 valence electrons. The Labute approximate surface area is 157 Å². The lowest BCUT2D eigenvalue weighted by Gasteiger charge is -2.06. The highest BCUT2D eigenvalue weighted by molar-refractivity contribution is 7.98. The van der Waals surface area contributed by atoms with Gasteiger partial charge < -0.3 is 10.3 Å². The van der Waals surface area contributed by atoms with Gasteiger partial charge in [-0.1, -0.05) is 36.9 Å². The maximum absolute atomic E-state index is 11.9. The van der Waals surface area contributed by atoms with E-state index in [0.717, 1.165) is 27.8 Å². The molecular formula is C18H16N4O2S2. The highest BCUT2D eigenvalue weighted by Crippen LogP contribution is 2.29. The third kappa shape index (κ3) is 3.13. The fourth-order valence-corrected chi connectivity index (χ4v) is 4.26. The van der Waals surface area contributed by atoms with Gasteiger partial charge in [0.1, 0.15) is 5.58 Å². The molecule has 3 aromatic heterocycles. The van der Waals surface area contributed by atoms with Gasteiger partial charge in [-0.2, -0.15) is 0 Å². The molecule has 0 saturated carbocycles. The number of nitrogen functional groups attached to an aromatic ring is 1. The first-order chi connectivity index (χ1) is 12.7. The third-order valence-electron chi connectivity index (χ3n) is 4.07. The number of nitrogens with two attached hydrogens (primary N) is 1. The summed E-state index contributed by atoms with van der Waals surface area (Å²) in [6.45, 7) is 2.07. The monoisotopic (exact) mass is 384 g/mol. The first kappa shape index (κ1) is 16.9. The molecule has 6 nitrogen and oxygen atoms in total. The Hall–Kier alpha value is -2.58. The minimum absolute atomic E-state index is 0.352. The lowest BCUT2D eigenvalue weighted by Crippen LogP contribution is -2.11. The van der Waals surface area contributed by atoms with Crippen LogP contribution in [0.1, 0.15) is 18.1 Å². The van der Waals surface area contributed by atoms with E-state index in [1.54, 1.807) is 11.3 Å². The lowest BCUT2D eigenvalue weighted by atomic mass is 10.1. The molecule has 0 spiro atoms. The molecular weight excluding hydrogens is 368 g/mol. The van der Waals surface area contributed by atoms with Crippen LogP contribution in [0.2, 0.25) is 0 Å². The van der Waals surface area contributed by atoms with E-state index in [2.05, 4.69) is 23.2 Å². The molecule has 0 amide bonds. The van der Waals surface area contributed by atoms with Crippen LogP contribution in [0, 0.1) is 0 Å². The van der Waals surface area contributed by atoms with Gasteiger partial charge in [-0.3, -0.25) is 0 Å². The van der Waals surface area contributed by atoms with Crippen molar-refractivity contribution in [3.05, 3.63) is 63.3 Å². The molecule has 8 heteroatoms. The lowest BCUT2D eigenvalue weighted by molar-refractivity contribution is 0.559. The van der Waals surface area contributed by atoms with Crippen molar-refractivity contribution < 1.29 is 4.42 Å². The summed E-state index contributed by atoms with van der Waals surface area (Å²) in [6.07, 6.45) is 0.889. The fourth-order valence-electron chi connectivity index (χ4n) is 2.71. The van der Waals surface area contributed by atoms with Crippen LogP contribution < -0.4 is 11.5 Å². The maximum atomic E-state index is 11.9. The summed E-state index contributed by atoms with van der Waals surface area (Å²) < 4.78 is 6.84.